The maximum atomic E-state index is 12.3. The molecule has 0 aliphatic carbocycles. The molecule has 0 saturated carbocycles. The Balaban J connectivity index is 1.64. The third-order valence-electron chi connectivity index (χ3n) is 4.26. The van der Waals surface area contributed by atoms with E-state index in [1.54, 1.807) is 39.0 Å². The molecule has 3 rings (SSSR count). The number of rotatable bonds is 6. The van der Waals surface area contributed by atoms with Gasteiger partial charge in [-0.2, -0.15) is 0 Å². The summed E-state index contributed by atoms with van der Waals surface area (Å²) in [7, 11) is 0. The molecule has 3 aromatic rings. The van der Waals surface area contributed by atoms with Crippen molar-refractivity contribution < 1.29 is 23.9 Å². The quantitative estimate of drug-likeness (QED) is 0.464. The molecule has 152 valence electrons. The van der Waals surface area contributed by atoms with Gasteiger partial charge in [0.05, 0.1) is 23.2 Å². The van der Waals surface area contributed by atoms with E-state index in [2.05, 4.69) is 20.3 Å². The summed E-state index contributed by atoms with van der Waals surface area (Å²) in [4.78, 5) is 55.7. The molecule has 4 N–H and O–H groups in total. The topological polar surface area (TPSA) is 146 Å². The molecule has 1 amide bonds. The van der Waals surface area contributed by atoms with Gasteiger partial charge in [-0.15, -0.1) is 0 Å². The molecule has 0 saturated heterocycles. The van der Waals surface area contributed by atoms with Crippen LogP contribution in [0.25, 0.3) is 11.0 Å². The first-order chi connectivity index (χ1) is 13.8. The van der Waals surface area contributed by atoms with Gasteiger partial charge in [0.1, 0.15) is 5.69 Å². The minimum atomic E-state index is -0.762. The number of aromatic amines is 3. The number of imidazole rings is 1. The summed E-state index contributed by atoms with van der Waals surface area (Å²) in [5, 5.41) is 2.58. The van der Waals surface area contributed by atoms with E-state index < -0.39 is 24.5 Å². The number of aromatic nitrogens is 3. The number of hydrogen-bond donors (Lipinski definition) is 4. The molecular weight excluding hydrogens is 380 g/mol. The van der Waals surface area contributed by atoms with Crippen molar-refractivity contribution in [3.63, 3.8) is 0 Å². The highest BCUT2D eigenvalue weighted by Gasteiger charge is 2.24. The van der Waals surface area contributed by atoms with Crippen LogP contribution in [0.4, 0.5) is 5.69 Å². The fraction of sp³-hybridized carbons (Fsp3) is 0.263. The van der Waals surface area contributed by atoms with E-state index >= 15 is 0 Å². The van der Waals surface area contributed by atoms with E-state index in [1.165, 1.54) is 0 Å². The van der Waals surface area contributed by atoms with E-state index in [0.29, 0.717) is 28.0 Å². The first-order valence-corrected chi connectivity index (χ1v) is 8.85. The molecule has 0 spiro atoms. The molecule has 0 aliphatic heterocycles. The lowest BCUT2D eigenvalue weighted by atomic mass is 10.1. The number of fused-ring (bicyclic) bond motifs is 1. The summed E-state index contributed by atoms with van der Waals surface area (Å²) in [5.41, 5.74) is 2.46. The largest absolute Gasteiger partial charge is 0.462 e. The van der Waals surface area contributed by atoms with Gasteiger partial charge in [-0.3, -0.25) is 4.79 Å². The summed E-state index contributed by atoms with van der Waals surface area (Å²) >= 11 is 0. The van der Waals surface area contributed by atoms with Crippen LogP contribution in [0, 0.1) is 13.8 Å². The first kappa shape index (κ1) is 19.9. The summed E-state index contributed by atoms with van der Waals surface area (Å²) in [5.74, 6) is -1.85. The number of amides is 1. The van der Waals surface area contributed by atoms with Crippen molar-refractivity contribution in [2.24, 2.45) is 0 Å². The van der Waals surface area contributed by atoms with Crippen molar-refractivity contribution in [1.82, 2.24) is 15.0 Å². The molecule has 29 heavy (non-hydrogen) atoms. The van der Waals surface area contributed by atoms with Crippen LogP contribution in [-0.2, 0) is 14.3 Å². The summed E-state index contributed by atoms with van der Waals surface area (Å²) in [6.45, 7) is 4.62. The van der Waals surface area contributed by atoms with E-state index in [9.17, 15) is 19.2 Å². The number of hydrogen-bond acceptors (Lipinski definition) is 6. The average molecular weight is 400 g/mol. The van der Waals surface area contributed by atoms with Gasteiger partial charge < -0.3 is 29.7 Å². The Morgan fingerprint density at radius 1 is 1.00 bits per heavy atom. The summed E-state index contributed by atoms with van der Waals surface area (Å²) in [6.07, 6.45) is 0. The minimum Gasteiger partial charge on any atom is -0.462 e. The van der Waals surface area contributed by atoms with E-state index in [0.717, 1.165) is 0 Å². The van der Waals surface area contributed by atoms with Crippen molar-refractivity contribution >= 4 is 34.6 Å². The third kappa shape index (κ3) is 4.21. The van der Waals surface area contributed by atoms with E-state index in [4.69, 9.17) is 9.47 Å². The predicted octanol–water partition coefficient (Wildman–Crippen LogP) is 1.77. The van der Waals surface area contributed by atoms with Crippen molar-refractivity contribution in [3.8, 4) is 0 Å². The van der Waals surface area contributed by atoms with Gasteiger partial charge in [0.25, 0.3) is 5.91 Å². The number of aryl methyl sites for hydroxylation is 1. The molecule has 10 heteroatoms. The van der Waals surface area contributed by atoms with E-state index in [1.807, 2.05) is 0 Å². The van der Waals surface area contributed by atoms with Gasteiger partial charge in [0.15, 0.2) is 6.61 Å². The number of carbonyl (C=O) groups excluding carboxylic acids is 3. The lowest BCUT2D eigenvalue weighted by Crippen LogP contribution is -2.21. The first-order valence-electron chi connectivity index (χ1n) is 8.85. The number of ether oxygens (including phenoxy) is 2. The predicted molar refractivity (Wildman–Crippen MR) is 104 cm³/mol. The van der Waals surface area contributed by atoms with Crippen LogP contribution in [0.3, 0.4) is 0 Å². The molecule has 1 aromatic carbocycles. The molecule has 0 bridgehead atoms. The zero-order chi connectivity index (χ0) is 21.1. The molecule has 0 atom stereocenters. The van der Waals surface area contributed by atoms with Crippen molar-refractivity contribution in [2.45, 2.75) is 20.8 Å². The zero-order valence-corrected chi connectivity index (χ0v) is 16.1. The zero-order valence-electron chi connectivity index (χ0n) is 16.1. The number of carbonyl (C=O) groups is 3. The van der Waals surface area contributed by atoms with Gasteiger partial charge in [0.2, 0.25) is 0 Å². The van der Waals surface area contributed by atoms with E-state index in [-0.39, 0.29) is 23.6 Å². The fourth-order valence-corrected chi connectivity index (χ4v) is 2.97. The second-order valence-electron chi connectivity index (χ2n) is 6.31. The van der Waals surface area contributed by atoms with Gasteiger partial charge in [0, 0.05) is 11.4 Å². The number of benzene rings is 1. The van der Waals surface area contributed by atoms with Gasteiger partial charge in [-0.25, -0.2) is 14.4 Å². The molecule has 2 aromatic heterocycles. The summed E-state index contributed by atoms with van der Waals surface area (Å²) in [6, 6.07) is 4.82. The van der Waals surface area contributed by atoms with Crippen LogP contribution in [0.2, 0.25) is 0 Å². The van der Waals surface area contributed by atoms with Crippen LogP contribution in [0.15, 0.2) is 23.0 Å². The van der Waals surface area contributed by atoms with Gasteiger partial charge in [-0.1, -0.05) is 0 Å². The molecular formula is C19H20N4O6. The molecule has 0 unspecified atom stereocenters. The van der Waals surface area contributed by atoms with Crippen molar-refractivity contribution in [1.29, 1.82) is 0 Å². The van der Waals surface area contributed by atoms with Crippen LogP contribution >= 0.6 is 0 Å². The Bertz CT molecular complexity index is 1150. The molecule has 10 nitrogen and oxygen atoms in total. The molecule has 0 radical (unpaired) electrons. The smallest absolute Gasteiger partial charge is 0.355 e. The highest BCUT2D eigenvalue weighted by atomic mass is 16.5. The Morgan fingerprint density at radius 3 is 2.45 bits per heavy atom. The van der Waals surface area contributed by atoms with Gasteiger partial charge in [-0.05, 0) is 44.5 Å². The number of H-pyrrole nitrogens is 3. The standard InChI is InChI=1S/C19H20N4O6/c1-4-28-17(25)15-9(2)16(20-10(15)3)18(26)29-8-14(24)21-11-5-6-12-13(7-11)23-19(27)22-12/h5-7,20H,4,8H2,1-3H3,(H,21,24)(H2,22,23,27). The lowest BCUT2D eigenvalue weighted by Gasteiger charge is -2.07. The normalized spacial score (nSPS) is 10.7. The summed E-state index contributed by atoms with van der Waals surface area (Å²) < 4.78 is 10.0. The monoisotopic (exact) mass is 400 g/mol. The highest BCUT2D eigenvalue weighted by Crippen LogP contribution is 2.20. The SMILES string of the molecule is CCOC(=O)c1c(C)[nH]c(C(=O)OCC(=O)Nc2ccc3[nH]c(=O)[nH]c3c2)c1C. The third-order valence-corrected chi connectivity index (χ3v) is 4.26. The highest BCUT2D eigenvalue weighted by molar-refractivity contribution is 6.00. The molecule has 0 fully saturated rings. The Kier molecular flexibility index (Phi) is 5.53. The maximum Gasteiger partial charge on any atom is 0.355 e. The molecule has 0 aliphatic rings. The Labute approximate surface area is 164 Å². The van der Waals surface area contributed by atoms with Crippen LogP contribution in [-0.4, -0.2) is 46.0 Å². The second kappa shape index (κ2) is 8.05. The lowest BCUT2D eigenvalue weighted by molar-refractivity contribution is -0.119. The van der Waals surface area contributed by atoms with Crippen LogP contribution in [0.1, 0.15) is 39.0 Å². The van der Waals surface area contributed by atoms with Crippen LogP contribution in [0.5, 0.6) is 0 Å². The number of nitrogens with one attached hydrogen (secondary N) is 4. The molecule has 2 heterocycles. The Hall–Kier alpha value is -3.82. The average Bonchev–Trinajstić information content (AvgIpc) is 3.17. The van der Waals surface area contributed by atoms with Gasteiger partial charge >= 0.3 is 17.6 Å². The Morgan fingerprint density at radius 2 is 1.72 bits per heavy atom. The van der Waals surface area contributed by atoms with Crippen molar-refractivity contribution in [3.05, 3.63) is 51.2 Å². The second-order valence-corrected chi connectivity index (χ2v) is 6.31. The van der Waals surface area contributed by atoms with Crippen LogP contribution < -0.4 is 11.0 Å². The minimum absolute atomic E-state index is 0.0877. The van der Waals surface area contributed by atoms with Crippen molar-refractivity contribution in [2.75, 3.05) is 18.5 Å². The number of esters is 2. The maximum absolute atomic E-state index is 12.3. The fourth-order valence-electron chi connectivity index (χ4n) is 2.97. The number of anilines is 1.